The monoisotopic (exact) mass is 368 g/mol. The van der Waals surface area contributed by atoms with Crippen molar-refractivity contribution in [2.45, 2.75) is 44.4 Å². The number of hydrogen-bond donors (Lipinski definition) is 0. The molecular weight excluding hydrogens is 343 g/mol. The van der Waals surface area contributed by atoms with E-state index in [9.17, 15) is 4.39 Å². The molecular formula is C22H25FN2O2. The summed E-state index contributed by atoms with van der Waals surface area (Å²) in [5.74, 6) is -0.153. The first kappa shape index (κ1) is 17.3. The molecule has 27 heavy (non-hydrogen) atoms. The van der Waals surface area contributed by atoms with Crippen LogP contribution in [0.5, 0.6) is 0 Å². The molecule has 0 amide bonds. The van der Waals surface area contributed by atoms with Crippen molar-refractivity contribution in [1.29, 1.82) is 0 Å². The molecule has 5 heteroatoms. The molecule has 0 N–H and O–H groups in total. The second kappa shape index (κ2) is 6.66. The lowest BCUT2D eigenvalue weighted by molar-refractivity contribution is -0.120. The van der Waals surface area contributed by atoms with Crippen molar-refractivity contribution in [2.24, 2.45) is 0 Å². The van der Waals surface area contributed by atoms with Gasteiger partial charge in [-0.2, -0.15) is 0 Å². The highest BCUT2D eigenvalue weighted by Gasteiger charge is 2.45. The Kier molecular flexibility index (Phi) is 4.26. The minimum Gasteiger partial charge on any atom is -0.378 e. The highest BCUT2D eigenvalue weighted by atomic mass is 19.1. The average molecular weight is 368 g/mol. The van der Waals surface area contributed by atoms with Crippen LogP contribution in [-0.4, -0.2) is 42.2 Å². The number of rotatable bonds is 3. The third-order valence-electron chi connectivity index (χ3n) is 6.39. The molecule has 2 aromatic rings. The number of hydrogen-bond acceptors (Lipinski definition) is 4. The number of nitrogens with zero attached hydrogens (tertiary/aromatic N) is 2. The maximum absolute atomic E-state index is 14.2. The second-order valence-corrected chi connectivity index (χ2v) is 7.87. The molecule has 0 radical (unpaired) electrons. The first-order chi connectivity index (χ1) is 13.2. The Hall–Kier alpha value is -1.82. The Bertz CT molecular complexity index is 857. The van der Waals surface area contributed by atoms with Gasteiger partial charge in [0.1, 0.15) is 11.4 Å². The van der Waals surface area contributed by atoms with Crippen LogP contribution in [0.3, 0.4) is 0 Å². The number of aromatic nitrogens is 1. The molecule has 2 saturated heterocycles. The minimum absolute atomic E-state index is 0.153. The van der Waals surface area contributed by atoms with Crippen LogP contribution in [0.15, 0.2) is 30.3 Å². The fourth-order valence-corrected chi connectivity index (χ4v) is 4.50. The summed E-state index contributed by atoms with van der Waals surface area (Å²) in [6, 6.07) is 10.1. The second-order valence-electron chi connectivity index (χ2n) is 7.87. The molecule has 0 saturated carbocycles. The van der Waals surface area contributed by atoms with Gasteiger partial charge in [-0.25, -0.2) is 9.37 Å². The van der Waals surface area contributed by atoms with Crippen molar-refractivity contribution in [3.8, 4) is 11.3 Å². The van der Waals surface area contributed by atoms with Crippen molar-refractivity contribution in [1.82, 2.24) is 9.88 Å². The molecule has 1 aromatic carbocycles. The standard InChI is InChI=1S/C22H25FN2O2/c1-2-15-3-4-16(11-19(15)23)20-6-5-17-12-27-22(21(17)24-20)7-9-25(10-8-22)18-13-26-14-18/h3-6,11,18H,2,7-10,12-14H2,1H3. The summed E-state index contributed by atoms with van der Waals surface area (Å²) in [6.07, 6.45) is 2.61. The topological polar surface area (TPSA) is 34.6 Å². The molecule has 3 aliphatic rings. The lowest BCUT2D eigenvalue weighted by Crippen LogP contribution is -2.54. The lowest BCUT2D eigenvalue weighted by Gasteiger charge is -2.44. The summed E-state index contributed by atoms with van der Waals surface area (Å²) in [7, 11) is 0. The van der Waals surface area contributed by atoms with Gasteiger partial charge in [-0.05, 0) is 37.0 Å². The van der Waals surface area contributed by atoms with E-state index in [1.54, 1.807) is 6.07 Å². The van der Waals surface area contributed by atoms with Gasteiger partial charge in [-0.1, -0.05) is 25.1 Å². The SMILES string of the molecule is CCc1ccc(-c2ccc3c(n2)C2(CCN(C4COC4)CC2)OC3)cc1F. The van der Waals surface area contributed by atoms with Crippen LogP contribution in [0.25, 0.3) is 11.3 Å². The highest BCUT2D eigenvalue weighted by Crippen LogP contribution is 2.44. The van der Waals surface area contributed by atoms with E-state index in [2.05, 4.69) is 11.0 Å². The fraction of sp³-hybridized carbons (Fsp3) is 0.500. The number of aryl methyl sites for hydroxylation is 1. The molecule has 1 aromatic heterocycles. The van der Waals surface area contributed by atoms with Crippen LogP contribution >= 0.6 is 0 Å². The number of halogens is 1. The predicted molar refractivity (Wildman–Crippen MR) is 101 cm³/mol. The molecule has 5 rings (SSSR count). The molecule has 4 nitrogen and oxygen atoms in total. The number of piperidine rings is 1. The van der Waals surface area contributed by atoms with Crippen molar-refractivity contribution < 1.29 is 13.9 Å². The molecule has 0 unspecified atom stereocenters. The maximum Gasteiger partial charge on any atom is 0.127 e. The smallest absolute Gasteiger partial charge is 0.127 e. The molecule has 0 atom stereocenters. The number of fused-ring (bicyclic) bond motifs is 2. The summed E-state index contributed by atoms with van der Waals surface area (Å²) in [5, 5.41) is 0. The van der Waals surface area contributed by atoms with Gasteiger partial charge in [0.15, 0.2) is 0 Å². The van der Waals surface area contributed by atoms with Crippen LogP contribution in [0, 0.1) is 5.82 Å². The third kappa shape index (κ3) is 2.89. The molecule has 4 heterocycles. The van der Waals surface area contributed by atoms with Crippen LogP contribution in [0.1, 0.15) is 36.6 Å². The summed E-state index contributed by atoms with van der Waals surface area (Å²) in [4.78, 5) is 7.48. The van der Waals surface area contributed by atoms with Crippen LogP contribution in [0.4, 0.5) is 4.39 Å². The molecule has 1 spiro atoms. The number of likely N-dealkylation sites (tertiary alicyclic amines) is 1. The van der Waals surface area contributed by atoms with Crippen LogP contribution < -0.4 is 0 Å². The Morgan fingerprint density at radius 3 is 2.67 bits per heavy atom. The Labute approximate surface area is 159 Å². The van der Waals surface area contributed by atoms with E-state index >= 15 is 0 Å². The Balaban J connectivity index is 1.43. The van der Waals surface area contributed by atoms with Gasteiger partial charge in [0, 0.05) is 24.2 Å². The molecule has 0 bridgehead atoms. The zero-order valence-electron chi connectivity index (χ0n) is 15.7. The van der Waals surface area contributed by atoms with E-state index in [0.29, 0.717) is 19.1 Å². The predicted octanol–water partition coefficient (Wildman–Crippen LogP) is 3.67. The minimum atomic E-state index is -0.283. The maximum atomic E-state index is 14.2. The van der Waals surface area contributed by atoms with Gasteiger partial charge in [0.05, 0.1) is 37.3 Å². The van der Waals surface area contributed by atoms with Gasteiger partial charge in [-0.3, -0.25) is 4.90 Å². The zero-order chi connectivity index (χ0) is 18.4. The van der Waals surface area contributed by atoms with Gasteiger partial charge in [0.2, 0.25) is 0 Å². The first-order valence-electron chi connectivity index (χ1n) is 9.93. The Morgan fingerprint density at radius 2 is 2.00 bits per heavy atom. The molecule has 142 valence electrons. The quantitative estimate of drug-likeness (QED) is 0.828. The number of pyridine rings is 1. The van der Waals surface area contributed by atoms with Gasteiger partial charge >= 0.3 is 0 Å². The van der Waals surface area contributed by atoms with Gasteiger partial charge in [0.25, 0.3) is 0 Å². The highest BCUT2D eigenvalue weighted by molar-refractivity contribution is 5.61. The van der Waals surface area contributed by atoms with E-state index in [4.69, 9.17) is 14.5 Å². The third-order valence-corrected chi connectivity index (χ3v) is 6.39. The van der Waals surface area contributed by atoms with Gasteiger partial charge in [-0.15, -0.1) is 0 Å². The summed E-state index contributed by atoms with van der Waals surface area (Å²) in [6.45, 7) is 6.32. The van der Waals surface area contributed by atoms with Crippen LogP contribution in [0.2, 0.25) is 0 Å². The normalized spacial score (nSPS) is 22.0. The van der Waals surface area contributed by atoms with E-state index in [-0.39, 0.29) is 11.4 Å². The summed E-state index contributed by atoms with van der Waals surface area (Å²) >= 11 is 0. The Morgan fingerprint density at radius 1 is 1.19 bits per heavy atom. The summed E-state index contributed by atoms with van der Waals surface area (Å²) in [5.41, 5.74) is 4.35. The number of ether oxygens (including phenoxy) is 2. The first-order valence-corrected chi connectivity index (χ1v) is 9.93. The van der Waals surface area contributed by atoms with E-state index in [1.807, 2.05) is 25.1 Å². The van der Waals surface area contributed by atoms with E-state index in [1.165, 1.54) is 5.56 Å². The molecule has 3 aliphatic heterocycles. The molecule has 0 aliphatic carbocycles. The largest absolute Gasteiger partial charge is 0.378 e. The van der Waals surface area contributed by atoms with E-state index in [0.717, 1.165) is 61.7 Å². The van der Waals surface area contributed by atoms with Crippen LogP contribution in [-0.2, 0) is 28.1 Å². The van der Waals surface area contributed by atoms with E-state index < -0.39 is 0 Å². The fourth-order valence-electron chi connectivity index (χ4n) is 4.50. The molecule has 2 fully saturated rings. The lowest BCUT2D eigenvalue weighted by atomic mass is 9.86. The van der Waals surface area contributed by atoms with Crippen molar-refractivity contribution in [3.63, 3.8) is 0 Å². The summed E-state index contributed by atoms with van der Waals surface area (Å²) < 4.78 is 25.9. The van der Waals surface area contributed by atoms with Crippen molar-refractivity contribution in [2.75, 3.05) is 26.3 Å². The zero-order valence-corrected chi connectivity index (χ0v) is 15.7. The van der Waals surface area contributed by atoms with Crippen molar-refractivity contribution in [3.05, 3.63) is 53.0 Å². The number of benzene rings is 1. The van der Waals surface area contributed by atoms with Gasteiger partial charge < -0.3 is 9.47 Å². The average Bonchev–Trinajstić information content (AvgIpc) is 3.00. The van der Waals surface area contributed by atoms with Crippen molar-refractivity contribution >= 4 is 0 Å².